The highest BCUT2D eigenvalue weighted by atomic mass is 16.5. The maximum absolute atomic E-state index is 5.97. The van der Waals surface area contributed by atoms with Crippen LogP contribution in [0, 0.1) is 6.92 Å². The Morgan fingerprint density at radius 2 is 1.79 bits per heavy atom. The zero-order chi connectivity index (χ0) is 20.2. The van der Waals surface area contributed by atoms with Gasteiger partial charge in [0.1, 0.15) is 11.6 Å². The molecule has 150 valence electrons. The molecule has 7 heteroatoms. The molecule has 2 aromatic carbocycles. The molecule has 29 heavy (non-hydrogen) atoms. The fraction of sp³-hybridized carbons (Fsp3) is 0.318. The molecule has 7 nitrogen and oxygen atoms in total. The Hall–Kier alpha value is -3.19. The van der Waals surface area contributed by atoms with Crippen molar-refractivity contribution in [1.29, 1.82) is 0 Å². The van der Waals surface area contributed by atoms with Crippen molar-refractivity contribution in [1.82, 2.24) is 19.9 Å². The van der Waals surface area contributed by atoms with Gasteiger partial charge in [-0.3, -0.25) is 4.90 Å². The smallest absolute Gasteiger partial charge is 0.232 e. The van der Waals surface area contributed by atoms with Gasteiger partial charge >= 0.3 is 0 Å². The highest BCUT2D eigenvalue weighted by Gasteiger charge is 2.29. The Kier molecular flexibility index (Phi) is 5.57. The van der Waals surface area contributed by atoms with Crippen molar-refractivity contribution < 1.29 is 4.74 Å². The van der Waals surface area contributed by atoms with Gasteiger partial charge in [0.15, 0.2) is 0 Å². The lowest BCUT2D eigenvalue weighted by Gasteiger charge is -2.21. The molecule has 0 atom stereocenters. The second-order valence-electron chi connectivity index (χ2n) is 7.36. The third-order valence-electron chi connectivity index (χ3n) is 5.04. The van der Waals surface area contributed by atoms with Crippen LogP contribution in [0.15, 0.2) is 48.5 Å². The van der Waals surface area contributed by atoms with Gasteiger partial charge in [-0.25, -0.2) is 0 Å². The van der Waals surface area contributed by atoms with Gasteiger partial charge in [0.05, 0.1) is 13.7 Å². The number of hydrogen-bond acceptors (Lipinski definition) is 7. The number of rotatable bonds is 8. The topological polar surface area (TPSA) is 89.2 Å². The van der Waals surface area contributed by atoms with Crippen LogP contribution in [0.3, 0.4) is 0 Å². The van der Waals surface area contributed by atoms with Crippen molar-refractivity contribution in [3.63, 3.8) is 0 Å². The van der Waals surface area contributed by atoms with E-state index in [0.29, 0.717) is 24.4 Å². The van der Waals surface area contributed by atoms with E-state index >= 15 is 0 Å². The molecule has 0 radical (unpaired) electrons. The SMILES string of the molecule is COc1ccc(CN(Cc2nc(N)nc(Nc3ccccc3C)n2)C2CC2)cc1. The van der Waals surface area contributed by atoms with Crippen molar-refractivity contribution in [3.05, 3.63) is 65.5 Å². The number of hydrogen-bond donors (Lipinski definition) is 2. The summed E-state index contributed by atoms with van der Waals surface area (Å²) in [5.41, 5.74) is 9.28. The number of benzene rings is 2. The Balaban J connectivity index is 1.50. The van der Waals surface area contributed by atoms with Gasteiger partial charge in [-0.15, -0.1) is 0 Å². The number of nitrogens with two attached hydrogens (primary N) is 1. The van der Waals surface area contributed by atoms with Crippen LogP contribution in [0.1, 0.15) is 29.8 Å². The van der Waals surface area contributed by atoms with Crippen molar-refractivity contribution in [3.8, 4) is 5.75 Å². The van der Waals surface area contributed by atoms with Gasteiger partial charge in [-0.1, -0.05) is 30.3 Å². The molecule has 1 heterocycles. The van der Waals surface area contributed by atoms with E-state index in [-0.39, 0.29) is 5.95 Å². The molecule has 0 spiro atoms. The summed E-state index contributed by atoms with van der Waals surface area (Å²) < 4.78 is 5.25. The minimum absolute atomic E-state index is 0.228. The number of methoxy groups -OCH3 is 1. The van der Waals surface area contributed by atoms with Gasteiger partial charge in [-0.2, -0.15) is 15.0 Å². The Morgan fingerprint density at radius 1 is 1.03 bits per heavy atom. The quantitative estimate of drug-likeness (QED) is 0.606. The van der Waals surface area contributed by atoms with E-state index in [1.165, 1.54) is 18.4 Å². The van der Waals surface area contributed by atoms with Crippen molar-refractivity contribution in [2.45, 2.75) is 38.9 Å². The molecule has 0 saturated heterocycles. The zero-order valence-corrected chi connectivity index (χ0v) is 16.8. The number of nitrogen functional groups attached to an aromatic ring is 1. The van der Waals surface area contributed by atoms with Gasteiger partial charge in [-0.05, 0) is 49.1 Å². The molecule has 1 aromatic heterocycles. The molecule has 1 aliphatic carbocycles. The Labute approximate surface area is 171 Å². The lowest BCUT2D eigenvalue weighted by Crippen LogP contribution is -2.26. The van der Waals surface area contributed by atoms with Gasteiger partial charge in [0.25, 0.3) is 0 Å². The summed E-state index contributed by atoms with van der Waals surface area (Å²) in [4.78, 5) is 15.6. The second kappa shape index (κ2) is 8.45. The first-order chi connectivity index (χ1) is 14.1. The van der Waals surface area contributed by atoms with E-state index in [9.17, 15) is 0 Å². The number of aromatic nitrogens is 3. The normalized spacial score (nSPS) is 13.5. The summed E-state index contributed by atoms with van der Waals surface area (Å²) in [5, 5.41) is 3.26. The monoisotopic (exact) mass is 390 g/mol. The summed E-state index contributed by atoms with van der Waals surface area (Å²) in [5.74, 6) is 2.24. The van der Waals surface area contributed by atoms with E-state index in [0.717, 1.165) is 23.5 Å². The molecule has 3 aromatic rings. The number of anilines is 3. The first kappa shape index (κ1) is 19.1. The van der Waals surface area contributed by atoms with Crippen LogP contribution in [0.4, 0.5) is 17.6 Å². The summed E-state index contributed by atoms with van der Waals surface area (Å²) in [7, 11) is 1.68. The molecule has 1 fully saturated rings. The standard InChI is InChI=1S/C22H26N6O/c1-15-5-3-4-6-19(15)24-22-26-20(25-21(23)27-22)14-28(17-9-10-17)13-16-7-11-18(29-2)12-8-16/h3-8,11-12,17H,9-10,13-14H2,1-2H3,(H3,23,24,25,26,27). The van der Waals surface area contributed by atoms with E-state index in [4.69, 9.17) is 10.5 Å². The summed E-state index contributed by atoms with van der Waals surface area (Å²) in [6, 6.07) is 16.7. The summed E-state index contributed by atoms with van der Waals surface area (Å²) >= 11 is 0. The third-order valence-corrected chi connectivity index (χ3v) is 5.04. The fourth-order valence-electron chi connectivity index (χ4n) is 3.30. The first-order valence-electron chi connectivity index (χ1n) is 9.81. The second-order valence-corrected chi connectivity index (χ2v) is 7.36. The van der Waals surface area contributed by atoms with Crippen LogP contribution in [0.5, 0.6) is 5.75 Å². The Morgan fingerprint density at radius 3 is 2.48 bits per heavy atom. The molecule has 4 rings (SSSR count). The van der Waals surface area contributed by atoms with Crippen LogP contribution in [0.25, 0.3) is 0 Å². The van der Waals surface area contributed by atoms with Crippen LogP contribution < -0.4 is 15.8 Å². The molecule has 1 aliphatic rings. The molecular weight excluding hydrogens is 364 g/mol. The summed E-state index contributed by atoms with van der Waals surface area (Å²) in [6.07, 6.45) is 2.40. The summed E-state index contributed by atoms with van der Waals surface area (Å²) in [6.45, 7) is 3.50. The van der Waals surface area contributed by atoms with Gasteiger partial charge in [0.2, 0.25) is 11.9 Å². The molecule has 0 bridgehead atoms. The number of nitrogens with one attached hydrogen (secondary N) is 1. The van der Waals surface area contributed by atoms with E-state index in [2.05, 4.69) is 37.3 Å². The number of aryl methyl sites for hydroxylation is 1. The third kappa shape index (κ3) is 5.00. The molecule has 1 saturated carbocycles. The van der Waals surface area contributed by atoms with Gasteiger partial charge < -0.3 is 15.8 Å². The highest BCUT2D eigenvalue weighted by molar-refractivity contribution is 5.58. The average molecular weight is 390 g/mol. The number of ether oxygens (including phenoxy) is 1. The number of para-hydroxylation sites is 1. The van der Waals surface area contributed by atoms with Crippen LogP contribution in [-0.4, -0.2) is 33.0 Å². The predicted molar refractivity (Wildman–Crippen MR) is 114 cm³/mol. The molecule has 0 amide bonds. The minimum Gasteiger partial charge on any atom is -0.497 e. The van der Waals surface area contributed by atoms with Crippen molar-refractivity contribution >= 4 is 17.6 Å². The number of nitrogens with zero attached hydrogens (tertiary/aromatic N) is 4. The highest BCUT2D eigenvalue weighted by Crippen LogP contribution is 2.30. The van der Waals surface area contributed by atoms with Crippen LogP contribution >= 0.6 is 0 Å². The van der Waals surface area contributed by atoms with Crippen molar-refractivity contribution in [2.24, 2.45) is 0 Å². The van der Waals surface area contributed by atoms with Crippen molar-refractivity contribution in [2.75, 3.05) is 18.2 Å². The maximum Gasteiger partial charge on any atom is 0.232 e. The average Bonchev–Trinajstić information content (AvgIpc) is 3.55. The lowest BCUT2D eigenvalue weighted by atomic mass is 10.2. The largest absolute Gasteiger partial charge is 0.497 e. The molecule has 3 N–H and O–H groups in total. The first-order valence-corrected chi connectivity index (χ1v) is 9.81. The van der Waals surface area contributed by atoms with Gasteiger partial charge in [0, 0.05) is 18.3 Å². The molecular formula is C22H26N6O. The molecule has 0 aliphatic heterocycles. The van der Waals surface area contributed by atoms with Crippen LogP contribution in [-0.2, 0) is 13.1 Å². The van der Waals surface area contributed by atoms with E-state index in [1.807, 2.05) is 43.3 Å². The Bertz CT molecular complexity index is 971. The fourth-order valence-corrected chi connectivity index (χ4v) is 3.30. The van der Waals surface area contributed by atoms with E-state index in [1.54, 1.807) is 7.11 Å². The maximum atomic E-state index is 5.97. The molecule has 0 unspecified atom stereocenters. The van der Waals surface area contributed by atoms with Crippen LogP contribution in [0.2, 0.25) is 0 Å². The zero-order valence-electron chi connectivity index (χ0n) is 16.8. The predicted octanol–water partition coefficient (Wildman–Crippen LogP) is 3.68. The lowest BCUT2D eigenvalue weighted by molar-refractivity contribution is 0.239. The van der Waals surface area contributed by atoms with E-state index < -0.39 is 0 Å². The minimum atomic E-state index is 0.228.